The van der Waals surface area contributed by atoms with Gasteiger partial charge in [0.1, 0.15) is 5.78 Å². The summed E-state index contributed by atoms with van der Waals surface area (Å²) >= 11 is 0. The molecule has 1 nitrogen and oxygen atoms in total. The Hall–Kier alpha value is -1.63. The van der Waals surface area contributed by atoms with E-state index in [1.807, 2.05) is 13.0 Å². The Bertz CT molecular complexity index is 577. The fourth-order valence-electron chi connectivity index (χ4n) is 3.01. The van der Waals surface area contributed by atoms with Crippen molar-refractivity contribution < 1.29 is 4.79 Å². The van der Waals surface area contributed by atoms with Crippen molar-refractivity contribution in [3.05, 3.63) is 58.7 Å². The third-order valence-corrected chi connectivity index (χ3v) is 4.49. The van der Waals surface area contributed by atoms with Crippen molar-refractivity contribution >= 4 is 5.78 Å². The van der Waals surface area contributed by atoms with Gasteiger partial charge in [-0.1, -0.05) is 67.0 Å². The van der Waals surface area contributed by atoms with Gasteiger partial charge >= 0.3 is 0 Å². The van der Waals surface area contributed by atoms with Crippen molar-refractivity contribution in [2.75, 3.05) is 0 Å². The van der Waals surface area contributed by atoms with Crippen molar-refractivity contribution in [2.45, 2.75) is 67.2 Å². The van der Waals surface area contributed by atoms with Crippen LogP contribution in [0.4, 0.5) is 0 Å². The van der Waals surface area contributed by atoms with Crippen molar-refractivity contribution in [2.24, 2.45) is 5.41 Å². The van der Waals surface area contributed by atoms with Crippen molar-refractivity contribution in [1.29, 1.82) is 0 Å². The molecular weight excluding hydrogens is 280 g/mol. The molecule has 0 spiro atoms. The Morgan fingerprint density at radius 3 is 2.43 bits per heavy atom. The molecule has 0 aromatic rings. The maximum absolute atomic E-state index is 11.0. The fourth-order valence-corrected chi connectivity index (χ4v) is 3.01. The van der Waals surface area contributed by atoms with Crippen LogP contribution in [-0.2, 0) is 4.79 Å². The van der Waals surface area contributed by atoms with E-state index in [9.17, 15) is 4.79 Å². The highest BCUT2D eigenvalue weighted by atomic mass is 16.1. The summed E-state index contributed by atoms with van der Waals surface area (Å²) < 4.78 is 0. The number of ketones is 1. The average molecular weight is 312 g/mol. The molecule has 0 aromatic carbocycles. The zero-order chi connectivity index (χ0) is 17.5. The van der Waals surface area contributed by atoms with E-state index in [4.69, 9.17) is 0 Å². The lowest BCUT2D eigenvalue weighted by atomic mass is 9.72. The molecule has 0 amide bonds. The van der Waals surface area contributed by atoms with Crippen LogP contribution in [0.1, 0.15) is 67.2 Å². The lowest BCUT2D eigenvalue weighted by molar-refractivity contribution is -0.116. The van der Waals surface area contributed by atoms with Crippen LogP contribution in [-0.4, -0.2) is 5.78 Å². The van der Waals surface area contributed by atoms with Crippen LogP contribution in [0.3, 0.4) is 0 Å². The number of Topliss-reactive ketones (excluding diaryl/α,β-unsaturated/α-hetero) is 1. The first-order valence-corrected chi connectivity index (χ1v) is 8.62. The van der Waals surface area contributed by atoms with Crippen molar-refractivity contribution in [1.82, 2.24) is 0 Å². The molecule has 0 aliphatic heterocycles. The van der Waals surface area contributed by atoms with Crippen LogP contribution < -0.4 is 0 Å². The normalized spacial score (nSPS) is 19.9. The van der Waals surface area contributed by atoms with Gasteiger partial charge in [0.15, 0.2) is 0 Å². The summed E-state index contributed by atoms with van der Waals surface area (Å²) in [5.41, 5.74) is 5.69. The first kappa shape index (κ1) is 19.4. The summed E-state index contributed by atoms with van der Waals surface area (Å²) in [6.45, 7) is 12.7. The van der Waals surface area contributed by atoms with Gasteiger partial charge in [-0.25, -0.2) is 0 Å². The molecule has 0 bridgehead atoms. The Morgan fingerprint density at radius 1 is 1.13 bits per heavy atom. The molecule has 1 aliphatic carbocycles. The van der Waals surface area contributed by atoms with Gasteiger partial charge in [0.05, 0.1) is 0 Å². The minimum atomic E-state index is 0.200. The summed E-state index contributed by atoms with van der Waals surface area (Å²) in [7, 11) is 0. The quantitative estimate of drug-likeness (QED) is 0.512. The van der Waals surface area contributed by atoms with Crippen LogP contribution in [0.25, 0.3) is 0 Å². The predicted octanol–water partition coefficient (Wildman–Crippen LogP) is 6.50. The fraction of sp³-hybridized carbons (Fsp3) is 0.500. The molecule has 23 heavy (non-hydrogen) atoms. The first-order valence-electron chi connectivity index (χ1n) is 8.62. The summed E-state index contributed by atoms with van der Waals surface area (Å²) in [6, 6.07) is 0. The zero-order valence-electron chi connectivity index (χ0n) is 15.7. The molecule has 1 rings (SSSR count). The summed E-state index contributed by atoms with van der Waals surface area (Å²) in [6.07, 6.45) is 17.0. The number of rotatable bonds is 6. The smallest absolute Gasteiger partial charge is 0.133 e. The van der Waals surface area contributed by atoms with E-state index in [1.165, 1.54) is 36.0 Å². The summed E-state index contributed by atoms with van der Waals surface area (Å²) in [5, 5.41) is 0. The van der Waals surface area contributed by atoms with E-state index < -0.39 is 0 Å². The molecule has 0 N–H and O–H groups in total. The highest BCUT2D eigenvalue weighted by molar-refractivity contribution is 5.77. The minimum absolute atomic E-state index is 0.200. The van der Waals surface area contributed by atoms with Gasteiger partial charge in [0, 0.05) is 6.42 Å². The van der Waals surface area contributed by atoms with Gasteiger partial charge in [-0.05, 0) is 57.9 Å². The van der Waals surface area contributed by atoms with E-state index in [2.05, 4.69) is 58.1 Å². The first-order chi connectivity index (χ1) is 10.7. The highest BCUT2D eigenvalue weighted by Crippen LogP contribution is 2.40. The van der Waals surface area contributed by atoms with Crippen LogP contribution in [0.5, 0.6) is 0 Å². The highest BCUT2D eigenvalue weighted by Gasteiger charge is 2.26. The summed E-state index contributed by atoms with van der Waals surface area (Å²) in [4.78, 5) is 11.0. The molecule has 1 heteroatoms. The number of carbonyl (C=O) groups excluding carboxylic acids is 1. The SMILES string of the molecule is CC(=O)CC=C(C)C=CC=C(C)C=CC1=C(C)CCCC1(C)C. The zero-order valence-corrected chi connectivity index (χ0v) is 15.7. The van der Waals surface area contributed by atoms with E-state index in [-0.39, 0.29) is 5.78 Å². The van der Waals surface area contributed by atoms with Gasteiger partial charge < -0.3 is 0 Å². The molecule has 0 saturated heterocycles. The maximum Gasteiger partial charge on any atom is 0.133 e. The molecular formula is C22H32O. The lowest BCUT2D eigenvalue weighted by Crippen LogP contribution is -2.19. The minimum Gasteiger partial charge on any atom is -0.300 e. The summed E-state index contributed by atoms with van der Waals surface area (Å²) in [5.74, 6) is 0.200. The van der Waals surface area contributed by atoms with Gasteiger partial charge in [-0.3, -0.25) is 4.79 Å². The monoisotopic (exact) mass is 312 g/mol. The van der Waals surface area contributed by atoms with E-state index >= 15 is 0 Å². The number of hydrogen-bond donors (Lipinski definition) is 0. The standard InChI is InChI=1S/C22H32O/c1-17(12-14-20(4)23)9-7-10-18(2)13-15-21-19(3)11-8-16-22(21,5)6/h7,9-10,12-13,15H,8,11,14,16H2,1-6H3. The van der Waals surface area contributed by atoms with E-state index in [0.29, 0.717) is 11.8 Å². The molecule has 0 saturated carbocycles. The Labute approximate surface area is 142 Å². The van der Waals surface area contributed by atoms with Crippen LogP contribution in [0.2, 0.25) is 0 Å². The van der Waals surface area contributed by atoms with Crippen LogP contribution in [0.15, 0.2) is 58.7 Å². The molecule has 0 fully saturated rings. The van der Waals surface area contributed by atoms with Crippen molar-refractivity contribution in [3.8, 4) is 0 Å². The predicted molar refractivity (Wildman–Crippen MR) is 101 cm³/mol. The second kappa shape index (κ2) is 8.86. The molecule has 1 aliphatic rings. The Kier molecular flexibility index (Phi) is 7.48. The Balaban J connectivity index is 2.73. The van der Waals surface area contributed by atoms with Crippen molar-refractivity contribution in [3.63, 3.8) is 0 Å². The number of allylic oxidation sites excluding steroid dienone is 10. The number of carbonyl (C=O) groups is 1. The van der Waals surface area contributed by atoms with Gasteiger partial charge in [0.25, 0.3) is 0 Å². The Morgan fingerprint density at radius 2 is 1.83 bits per heavy atom. The van der Waals surface area contributed by atoms with Gasteiger partial charge in [0.2, 0.25) is 0 Å². The van der Waals surface area contributed by atoms with Crippen LogP contribution in [0, 0.1) is 5.41 Å². The van der Waals surface area contributed by atoms with Crippen LogP contribution >= 0.6 is 0 Å². The average Bonchev–Trinajstić information content (AvgIpc) is 2.44. The molecule has 0 atom stereocenters. The number of hydrogen-bond acceptors (Lipinski definition) is 1. The third kappa shape index (κ3) is 6.99. The molecule has 0 heterocycles. The second-order valence-electron chi connectivity index (χ2n) is 7.39. The molecule has 0 radical (unpaired) electrons. The van der Waals surface area contributed by atoms with E-state index in [1.54, 1.807) is 6.92 Å². The third-order valence-electron chi connectivity index (χ3n) is 4.49. The van der Waals surface area contributed by atoms with E-state index in [0.717, 1.165) is 5.57 Å². The van der Waals surface area contributed by atoms with Gasteiger partial charge in [-0.2, -0.15) is 0 Å². The molecule has 0 unspecified atom stereocenters. The molecule has 126 valence electrons. The largest absolute Gasteiger partial charge is 0.300 e. The lowest BCUT2D eigenvalue weighted by Gasteiger charge is -2.32. The topological polar surface area (TPSA) is 17.1 Å². The van der Waals surface area contributed by atoms with Gasteiger partial charge in [-0.15, -0.1) is 0 Å². The maximum atomic E-state index is 11.0. The molecule has 0 aromatic heterocycles. The second-order valence-corrected chi connectivity index (χ2v) is 7.39.